The minimum atomic E-state index is -4.60. The number of benzene rings is 1. The van der Waals surface area contributed by atoms with E-state index in [0.717, 1.165) is 31.6 Å². The molecule has 0 aromatic heterocycles. The number of carbonyl (C=O) groups is 1. The van der Waals surface area contributed by atoms with Gasteiger partial charge in [-0.05, 0) is 49.3 Å². The predicted octanol–water partition coefficient (Wildman–Crippen LogP) is 3.61. The normalized spacial score (nSPS) is 25.2. The molecule has 29 heavy (non-hydrogen) atoms. The number of rotatable bonds is 3. The van der Waals surface area contributed by atoms with Gasteiger partial charge >= 0.3 is 6.18 Å². The molecule has 0 saturated carbocycles. The molecule has 1 aromatic rings. The van der Waals surface area contributed by atoms with E-state index in [-0.39, 0.29) is 29.8 Å². The number of amides is 1. The summed E-state index contributed by atoms with van der Waals surface area (Å²) < 4.78 is 65.5. The van der Waals surface area contributed by atoms with E-state index >= 15 is 0 Å². The van der Waals surface area contributed by atoms with Crippen molar-refractivity contribution in [2.24, 2.45) is 17.8 Å². The first-order valence-electron chi connectivity index (χ1n) is 9.94. The van der Waals surface area contributed by atoms with Crippen LogP contribution in [0.5, 0.6) is 0 Å². The minimum Gasteiger partial charge on any atom is -0.342 e. The van der Waals surface area contributed by atoms with E-state index in [0.29, 0.717) is 30.7 Å². The van der Waals surface area contributed by atoms with Crippen molar-refractivity contribution in [3.8, 4) is 0 Å². The fraction of sp³-hybridized carbons (Fsp3) is 0.650. The Hall–Kier alpha value is -1.61. The quantitative estimate of drug-likeness (QED) is 0.733. The van der Waals surface area contributed by atoms with E-state index in [1.807, 2.05) is 4.90 Å². The SMILES string of the molecule is C[C@@H]1C[C@H](C)CN(C(=O)C2CCN(S(=O)(=O)c3cccc(C(F)(F)F)c3)CC2)C1. The van der Waals surface area contributed by atoms with Gasteiger partial charge in [0.05, 0.1) is 10.5 Å². The average molecular weight is 433 g/mol. The summed E-state index contributed by atoms with van der Waals surface area (Å²) in [5.74, 6) is 0.730. The maximum Gasteiger partial charge on any atom is 0.416 e. The van der Waals surface area contributed by atoms with Crippen molar-refractivity contribution < 1.29 is 26.4 Å². The summed E-state index contributed by atoms with van der Waals surface area (Å²) in [7, 11) is -4.03. The molecule has 2 saturated heterocycles. The fourth-order valence-corrected chi connectivity index (χ4v) is 5.94. The molecule has 0 radical (unpaired) electrons. The van der Waals surface area contributed by atoms with E-state index in [1.54, 1.807) is 0 Å². The third-order valence-corrected chi connectivity index (χ3v) is 7.68. The van der Waals surface area contributed by atoms with Crippen molar-refractivity contribution >= 4 is 15.9 Å². The highest BCUT2D eigenvalue weighted by Gasteiger charge is 2.37. The van der Waals surface area contributed by atoms with Crippen LogP contribution in [0, 0.1) is 17.8 Å². The van der Waals surface area contributed by atoms with E-state index < -0.39 is 21.8 Å². The van der Waals surface area contributed by atoms with Crippen LogP contribution in [0.2, 0.25) is 0 Å². The summed E-state index contributed by atoms with van der Waals surface area (Å²) in [5.41, 5.74) is -0.989. The molecule has 0 aliphatic carbocycles. The number of piperidine rings is 2. The lowest BCUT2D eigenvalue weighted by molar-refractivity contribution is -0.139. The van der Waals surface area contributed by atoms with E-state index in [2.05, 4.69) is 13.8 Å². The van der Waals surface area contributed by atoms with Gasteiger partial charge in [-0.1, -0.05) is 19.9 Å². The Morgan fingerprint density at radius 3 is 2.21 bits per heavy atom. The molecule has 2 aliphatic rings. The molecule has 9 heteroatoms. The van der Waals surface area contributed by atoms with Gasteiger partial charge < -0.3 is 4.90 Å². The highest BCUT2D eigenvalue weighted by molar-refractivity contribution is 7.89. The molecule has 0 unspecified atom stereocenters. The number of hydrogen-bond donors (Lipinski definition) is 0. The molecule has 2 heterocycles. The average Bonchev–Trinajstić information content (AvgIpc) is 2.66. The van der Waals surface area contributed by atoms with Crippen LogP contribution in [0.3, 0.4) is 0 Å². The molecule has 1 amide bonds. The molecule has 2 fully saturated rings. The number of sulfonamides is 1. The summed E-state index contributed by atoms with van der Waals surface area (Å²) in [6, 6.07) is 3.80. The first-order valence-corrected chi connectivity index (χ1v) is 11.4. The summed E-state index contributed by atoms with van der Waals surface area (Å²) in [4.78, 5) is 14.4. The van der Waals surface area contributed by atoms with Crippen molar-refractivity contribution in [3.63, 3.8) is 0 Å². The standard InChI is InChI=1S/C20H27F3N2O3S/c1-14-10-15(2)13-24(12-14)19(26)16-6-8-25(9-7-16)29(27,28)18-5-3-4-17(11-18)20(21,22)23/h3-5,11,14-16H,6-10,12-13H2,1-2H3/t14-,15+. The van der Waals surface area contributed by atoms with Gasteiger partial charge in [-0.2, -0.15) is 17.5 Å². The molecule has 2 atom stereocenters. The van der Waals surface area contributed by atoms with Gasteiger partial charge in [0.1, 0.15) is 0 Å². The van der Waals surface area contributed by atoms with Gasteiger partial charge in [0.15, 0.2) is 0 Å². The molecule has 162 valence electrons. The Labute approximate surface area is 169 Å². The fourth-order valence-electron chi connectivity index (χ4n) is 4.43. The third kappa shape index (κ3) is 4.94. The Bertz CT molecular complexity index is 839. The van der Waals surface area contributed by atoms with Crippen molar-refractivity contribution in [1.82, 2.24) is 9.21 Å². The van der Waals surface area contributed by atoms with Crippen LogP contribution in [0.4, 0.5) is 13.2 Å². The Kier molecular flexibility index (Phi) is 6.29. The molecule has 0 N–H and O–H groups in total. The maximum absolute atomic E-state index is 12.9. The number of likely N-dealkylation sites (tertiary alicyclic amines) is 1. The molecule has 0 spiro atoms. The molecule has 1 aromatic carbocycles. The van der Waals surface area contributed by atoms with Crippen LogP contribution in [0.25, 0.3) is 0 Å². The number of hydrogen-bond acceptors (Lipinski definition) is 3. The topological polar surface area (TPSA) is 57.7 Å². The van der Waals surface area contributed by atoms with Crippen LogP contribution in [0.15, 0.2) is 29.2 Å². The number of nitrogens with zero attached hydrogens (tertiary/aromatic N) is 2. The van der Waals surface area contributed by atoms with Gasteiger partial charge in [0, 0.05) is 32.1 Å². The van der Waals surface area contributed by atoms with Crippen LogP contribution < -0.4 is 0 Å². The van der Waals surface area contributed by atoms with Gasteiger partial charge in [-0.15, -0.1) is 0 Å². The van der Waals surface area contributed by atoms with Crippen molar-refractivity contribution in [1.29, 1.82) is 0 Å². The zero-order valence-corrected chi connectivity index (χ0v) is 17.5. The van der Waals surface area contributed by atoms with Gasteiger partial charge in [0.2, 0.25) is 15.9 Å². The molecule has 5 nitrogen and oxygen atoms in total. The smallest absolute Gasteiger partial charge is 0.342 e. The lowest BCUT2D eigenvalue weighted by Gasteiger charge is -2.39. The zero-order valence-electron chi connectivity index (χ0n) is 16.7. The van der Waals surface area contributed by atoms with E-state index in [1.165, 1.54) is 10.4 Å². The lowest BCUT2D eigenvalue weighted by atomic mass is 9.89. The largest absolute Gasteiger partial charge is 0.416 e. The van der Waals surface area contributed by atoms with Gasteiger partial charge in [0.25, 0.3) is 0 Å². The van der Waals surface area contributed by atoms with E-state index in [9.17, 15) is 26.4 Å². The highest BCUT2D eigenvalue weighted by atomic mass is 32.2. The summed E-state index contributed by atoms with van der Waals surface area (Å²) >= 11 is 0. The molecule has 2 aliphatic heterocycles. The molecular formula is C20H27F3N2O3S. The molecule has 0 bridgehead atoms. The number of carbonyl (C=O) groups excluding carboxylic acids is 1. The maximum atomic E-state index is 12.9. The zero-order chi connectivity index (χ0) is 21.4. The van der Waals surface area contributed by atoms with Crippen molar-refractivity contribution in [3.05, 3.63) is 29.8 Å². The second-order valence-corrected chi connectivity index (χ2v) is 10.3. The first kappa shape index (κ1) is 22.1. The van der Waals surface area contributed by atoms with Gasteiger partial charge in [-0.3, -0.25) is 4.79 Å². The summed E-state index contributed by atoms with van der Waals surface area (Å²) in [6.45, 7) is 5.97. The number of alkyl halides is 3. The van der Waals surface area contributed by atoms with Crippen LogP contribution in [0.1, 0.15) is 38.7 Å². The Balaban J connectivity index is 1.66. The Morgan fingerprint density at radius 2 is 1.66 bits per heavy atom. The summed E-state index contributed by atoms with van der Waals surface area (Å²) in [6.07, 6.45) is -2.74. The van der Waals surface area contributed by atoms with Crippen LogP contribution >= 0.6 is 0 Å². The van der Waals surface area contributed by atoms with Gasteiger partial charge in [-0.25, -0.2) is 8.42 Å². The van der Waals surface area contributed by atoms with E-state index in [4.69, 9.17) is 0 Å². The summed E-state index contributed by atoms with van der Waals surface area (Å²) in [5, 5.41) is 0. The van der Waals surface area contributed by atoms with Crippen LogP contribution in [-0.2, 0) is 21.0 Å². The second kappa shape index (κ2) is 8.26. The van der Waals surface area contributed by atoms with Crippen LogP contribution in [-0.4, -0.2) is 49.7 Å². The molecule has 3 rings (SSSR count). The lowest BCUT2D eigenvalue weighted by Crippen LogP contribution is -2.48. The monoisotopic (exact) mass is 432 g/mol. The third-order valence-electron chi connectivity index (χ3n) is 5.78. The predicted molar refractivity (Wildman–Crippen MR) is 102 cm³/mol. The minimum absolute atomic E-state index is 0.0690. The first-order chi connectivity index (χ1) is 13.5. The highest BCUT2D eigenvalue weighted by Crippen LogP contribution is 2.32. The second-order valence-electron chi connectivity index (χ2n) is 8.39. The molecular weight excluding hydrogens is 405 g/mol. The van der Waals surface area contributed by atoms with Crippen molar-refractivity contribution in [2.45, 2.75) is 44.2 Å². The number of halogens is 3. The van der Waals surface area contributed by atoms with Crippen molar-refractivity contribution in [2.75, 3.05) is 26.2 Å². The Morgan fingerprint density at radius 1 is 1.07 bits per heavy atom.